The van der Waals surface area contributed by atoms with E-state index in [2.05, 4.69) is 5.32 Å². The SMILES string of the molecule is O=C(OC1CNCCC1c1ccc(F)cc1)c1ccc2ccccc2c1. The van der Waals surface area contributed by atoms with E-state index in [-0.39, 0.29) is 23.8 Å². The molecule has 4 heteroatoms. The average Bonchev–Trinajstić information content (AvgIpc) is 2.69. The lowest BCUT2D eigenvalue weighted by molar-refractivity contribution is 0.0182. The Balaban J connectivity index is 1.55. The lowest BCUT2D eigenvalue weighted by Gasteiger charge is -2.32. The van der Waals surface area contributed by atoms with E-state index in [1.165, 1.54) is 12.1 Å². The summed E-state index contributed by atoms with van der Waals surface area (Å²) in [7, 11) is 0. The minimum atomic E-state index is -0.323. The summed E-state index contributed by atoms with van der Waals surface area (Å²) in [6.07, 6.45) is 0.578. The second-order valence-corrected chi connectivity index (χ2v) is 6.66. The normalized spacial score (nSPS) is 20.0. The Morgan fingerprint density at radius 1 is 1.00 bits per heavy atom. The Hall–Kier alpha value is -2.72. The first-order chi connectivity index (χ1) is 12.7. The highest BCUT2D eigenvalue weighted by atomic mass is 19.1. The van der Waals surface area contributed by atoms with Crippen LogP contribution in [0.25, 0.3) is 10.8 Å². The molecule has 132 valence electrons. The van der Waals surface area contributed by atoms with Crippen molar-refractivity contribution in [3.05, 3.63) is 83.7 Å². The van der Waals surface area contributed by atoms with Crippen LogP contribution in [-0.2, 0) is 4.74 Å². The monoisotopic (exact) mass is 349 g/mol. The summed E-state index contributed by atoms with van der Waals surface area (Å²) in [6, 6.07) is 20.0. The van der Waals surface area contributed by atoms with Crippen LogP contribution >= 0.6 is 0 Å². The maximum absolute atomic E-state index is 13.2. The molecule has 2 unspecified atom stereocenters. The molecule has 1 aliphatic heterocycles. The van der Waals surface area contributed by atoms with Crippen LogP contribution in [0.4, 0.5) is 4.39 Å². The highest BCUT2D eigenvalue weighted by molar-refractivity contribution is 5.95. The van der Waals surface area contributed by atoms with Gasteiger partial charge in [-0.2, -0.15) is 0 Å². The van der Waals surface area contributed by atoms with E-state index < -0.39 is 0 Å². The summed E-state index contributed by atoms with van der Waals surface area (Å²) < 4.78 is 19.0. The van der Waals surface area contributed by atoms with Gasteiger partial charge in [0.2, 0.25) is 0 Å². The molecular formula is C22H20FNO2. The summed E-state index contributed by atoms with van der Waals surface area (Å²) >= 11 is 0. The van der Waals surface area contributed by atoms with E-state index in [9.17, 15) is 9.18 Å². The van der Waals surface area contributed by atoms with Crippen molar-refractivity contribution in [1.82, 2.24) is 5.32 Å². The molecule has 1 heterocycles. The molecule has 0 aliphatic carbocycles. The van der Waals surface area contributed by atoms with Crippen LogP contribution in [0, 0.1) is 5.82 Å². The number of halogens is 1. The third-order valence-electron chi connectivity index (χ3n) is 4.97. The first-order valence-electron chi connectivity index (χ1n) is 8.87. The van der Waals surface area contributed by atoms with E-state index >= 15 is 0 Å². The molecule has 0 bridgehead atoms. The van der Waals surface area contributed by atoms with Gasteiger partial charge < -0.3 is 10.1 Å². The second kappa shape index (κ2) is 7.26. The number of fused-ring (bicyclic) bond motifs is 1. The van der Waals surface area contributed by atoms with Gasteiger partial charge in [-0.3, -0.25) is 0 Å². The predicted octanol–water partition coefficient (Wildman–Crippen LogP) is 4.28. The molecule has 26 heavy (non-hydrogen) atoms. The molecule has 1 N–H and O–H groups in total. The fourth-order valence-electron chi connectivity index (χ4n) is 3.57. The van der Waals surface area contributed by atoms with Crippen LogP contribution in [0.3, 0.4) is 0 Å². The number of piperidine rings is 1. The Labute approximate surface area is 151 Å². The smallest absolute Gasteiger partial charge is 0.338 e. The lowest BCUT2D eigenvalue weighted by atomic mass is 9.87. The van der Waals surface area contributed by atoms with Crippen molar-refractivity contribution in [2.75, 3.05) is 13.1 Å². The van der Waals surface area contributed by atoms with Crippen molar-refractivity contribution in [3.8, 4) is 0 Å². The van der Waals surface area contributed by atoms with Crippen molar-refractivity contribution >= 4 is 16.7 Å². The number of hydrogen-bond donors (Lipinski definition) is 1. The van der Waals surface area contributed by atoms with E-state index in [1.54, 1.807) is 18.2 Å². The molecule has 0 aromatic heterocycles. The van der Waals surface area contributed by atoms with Gasteiger partial charge in [0.15, 0.2) is 0 Å². The van der Waals surface area contributed by atoms with E-state index in [0.29, 0.717) is 12.1 Å². The number of nitrogens with one attached hydrogen (secondary N) is 1. The first kappa shape index (κ1) is 16.7. The van der Waals surface area contributed by atoms with Crippen LogP contribution < -0.4 is 5.32 Å². The Kier molecular flexibility index (Phi) is 4.67. The Morgan fingerprint density at radius 3 is 2.58 bits per heavy atom. The standard InChI is InChI=1S/C22H20FNO2/c23-19-9-7-16(8-10-19)20-11-12-24-14-21(20)26-22(25)18-6-5-15-3-1-2-4-17(15)13-18/h1-10,13,20-21,24H,11-12,14H2. The fraction of sp³-hybridized carbons (Fsp3) is 0.227. The summed E-state index contributed by atoms with van der Waals surface area (Å²) in [5, 5.41) is 5.38. The van der Waals surface area contributed by atoms with Crippen molar-refractivity contribution in [3.63, 3.8) is 0 Å². The molecule has 3 nitrogen and oxygen atoms in total. The third-order valence-corrected chi connectivity index (χ3v) is 4.97. The molecule has 0 amide bonds. The van der Waals surface area contributed by atoms with Crippen LogP contribution in [0.5, 0.6) is 0 Å². The molecular weight excluding hydrogens is 329 g/mol. The highest BCUT2D eigenvalue weighted by Crippen LogP contribution is 2.29. The first-order valence-corrected chi connectivity index (χ1v) is 8.87. The van der Waals surface area contributed by atoms with Gasteiger partial charge in [0.25, 0.3) is 0 Å². The summed E-state index contributed by atoms with van der Waals surface area (Å²) in [5.74, 6) is -0.509. The molecule has 3 aromatic carbocycles. The van der Waals surface area contributed by atoms with Crippen molar-refractivity contribution in [2.24, 2.45) is 0 Å². The summed E-state index contributed by atoms with van der Waals surface area (Å²) in [6.45, 7) is 1.45. The van der Waals surface area contributed by atoms with Crippen LogP contribution in [0.1, 0.15) is 28.3 Å². The predicted molar refractivity (Wildman–Crippen MR) is 99.8 cm³/mol. The van der Waals surface area contributed by atoms with Crippen LogP contribution in [0.2, 0.25) is 0 Å². The fourth-order valence-corrected chi connectivity index (χ4v) is 3.57. The number of benzene rings is 3. The molecule has 0 radical (unpaired) electrons. The van der Waals surface area contributed by atoms with Gasteiger partial charge in [0.05, 0.1) is 5.56 Å². The van der Waals surface area contributed by atoms with Gasteiger partial charge in [-0.25, -0.2) is 9.18 Å². The Morgan fingerprint density at radius 2 is 1.77 bits per heavy atom. The molecule has 4 rings (SSSR count). The number of carbonyl (C=O) groups excluding carboxylic acids is 1. The zero-order valence-corrected chi connectivity index (χ0v) is 14.3. The maximum Gasteiger partial charge on any atom is 0.338 e. The molecule has 0 saturated carbocycles. The summed E-state index contributed by atoms with van der Waals surface area (Å²) in [5.41, 5.74) is 1.55. The number of esters is 1. The second-order valence-electron chi connectivity index (χ2n) is 6.66. The summed E-state index contributed by atoms with van der Waals surface area (Å²) in [4.78, 5) is 12.7. The van der Waals surface area contributed by atoms with Gasteiger partial charge in [0.1, 0.15) is 11.9 Å². The molecule has 1 fully saturated rings. The minimum Gasteiger partial charge on any atom is -0.457 e. The van der Waals surface area contributed by atoms with Gasteiger partial charge >= 0.3 is 5.97 Å². The van der Waals surface area contributed by atoms with Crippen molar-refractivity contribution in [2.45, 2.75) is 18.4 Å². The highest BCUT2D eigenvalue weighted by Gasteiger charge is 2.30. The molecule has 1 saturated heterocycles. The molecule has 3 aromatic rings. The molecule has 1 aliphatic rings. The molecule has 2 atom stereocenters. The number of rotatable bonds is 3. The third kappa shape index (κ3) is 3.46. The maximum atomic E-state index is 13.2. The topological polar surface area (TPSA) is 38.3 Å². The average molecular weight is 349 g/mol. The largest absolute Gasteiger partial charge is 0.457 e. The lowest BCUT2D eigenvalue weighted by Crippen LogP contribution is -2.42. The van der Waals surface area contributed by atoms with Crippen LogP contribution in [-0.4, -0.2) is 25.2 Å². The Bertz CT molecular complexity index is 923. The van der Waals surface area contributed by atoms with Crippen molar-refractivity contribution < 1.29 is 13.9 Å². The minimum absolute atomic E-state index is 0.0706. The zero-order chi connectivity index (χ0) is 17.9. The van der Waals surface area contributed by atoms with Crippen LogP contribution in [0.15, 0.2) is 66.7 Å². The van der Waals surface area contributed by atoms with Gasteiger partial charge in [-0.1, -0.05) is 42.5 Å². The van der Waals surface area contributed by atoms with E-state index in [4.69, 9.17) is 4.74 Å². The zero-order valence-electron chi connectivity index (χ0n) is 14.3. The number of ether oxygens (including phenoxy) is 1. The van der Waals surface area contributed by atoms with Crippen molar-refractivity contribution in [1.29, 1.82) is 0 Å². The van der Waals surface area contributed by atoms with Gasteiger partial charge in [-0.15, -0.1) is 0 Å². The van der Waals surface area contributed by atoms with Gasteiger partial charge in [0, 0.05) is 12.5 Å². The van der Waals surface area contributed by atoms with E-state index in [1.807, 2.05) is 36.4 Å². The quantitative estimate of drug-likeness (QED) is 0.717. The van der Waals surface area contributed by atoms with E-state index in [0.717, 1.165) is 29.3 Å². The number of hydrogen-bond acceptors (Lipinski definition) is 3. The number of carbonyl (C=O) groups is 1. The van der Waals surface area contributed by atoms with Gasteiger partial charge in [-0.05, 0) is 53.6 Å². The molecule has 0 spiro atoms.